The summed E-state index contributed by atoms with van der Waals surface area (Å²) in [5.41, 5.74) is 0.692. The molecule has 2 aliphatic rings. The number of carboxylic acids is 1. The van der Waals surface area contributed by atoms with Crippen LogP contribution in [0.3, 0.4) is 0 Å². The zero-order chi connectivity index (χ0) is 21.0. The van der Waals surface area contributed by atoms with Crippen LogP contribution in [0, 0.1) is 5.92 Å². The molecule has 29 heavy (non-hydrogen) atoms. The minimum atomic E-state index is -0.836. The lowest BCUT2D eigenvalue weighted by molar-refractivity contribution is -0.145. The van der Waals surface area contributed by atoms with Crippen LogP contribution < -0.4 is 4.74 Å². The predicted octanol–water partition coefficient (Wildman–Crippen LogP) is 2.44. The third kappa shape index (κ3) is 4.79. The Morgan fingerprint density at radius 2 is 1.93 bits per heavy atom. The highest BCUT2D eigenvalue weighted by molar-refractivity contribution is 8.18. The molecule has 9 heteroatoms. The van der Waals surface area contributed by atoms with Crippen molar-refractivity contribution in [3.05, 3.63) is 34.7 Å². The molecule has 0 radical (unpaired) electrons. The van der Waals surface area contributed by atoms with E-state index in [1.54, 1.807) is 23.1 Å². The van der Waals surface area contributed by atoms with Gasteiger partial charge in [-0.2, -0.15) is 0 Å². The molecule has 8 nitrogen and oxygen atoms in total. The highest BCUT2D eigenvalue weighted by atomic mass is 32.2. The highest BCUT2D eigenvalue weighted by Gasteiger charge is 2.36. The number of hydrogen-bond acceptors (Lipinski definition) is 6. The number of ether oxygens (including phenoxy) is 1. The van der Waals surface area contributed by atoms with Crippen molar-refractivity contribution >= 4 is 40.9 Å². The van der Waals surface area contributed by atoms with E-state index in [0.29, 0.717) is 37.2 Å². The molecule has 1 aromatic rings. The molecule has 1 aromatic carbocycles. The quantitative estimate of drug-likeness (QED) is 0.708. The number of aliphatic carboxylic acids is 1. The van der Waals surface area contributed by atoms with E-state index in [0.717, 1.165) is 16.7 Å². The average Bonchev–Trinajstić information content (AvgIpc) is 2.99. The molecule has 2 heterocycles. The zero-order valence-electron chi connectivity index (χ0n) is 16.0. The van der Waals surface area contributed by atoms with Gasteiger partial charge in [-0.1, -0.05) is 18.2 Å². The molecular weight excluding hydrogens is 396 g/mol. The summed E-state index contributed by atoms with van der Waals surface area (Å²) in [5, 5.41) is 8.62. The first-order valence-electron chi connectivity index (χ1n) is 9.29. The SMILES string of the molecule is COc1ccccc1/C=C1\SC(=O)N(CCC(=O)N2CCC(C(=O)O)CC2)C1=O. The van der Waals surface area contributed by atoms with Gasteiger partial charge in [-0.05, 0) is 36.7 Å². The van der Waals surface area contributed by atoms with Crippen LogP contribution in [0.2, 0.25) is 0 Å². The first kappa shape index (κ1) is 20.9. The first-order chi connectivity index (χ1) is 13.9. The summed E-state index contributed by atoms with van der Waals surface area (Å²) in [6.45, 7) is 0.766. The number of carbonyl (C=O) groups is 4. The maximum atomic E-state index is 12.6. The molecule has 0 atom stereocenters. The number of amides is 3. The summed E-state index contributed by atoms with van der Waals surface area (Å²) in [5.74, 6) is -1.26. The summed E-state index contributed by atoms with van der Waals surface area (Å²) in [6, 6.07) is 7.18. The van der Waals surface area contributed by atoms with Gasteiger partial charge in [-0.25, -0.2) is 0 Å². The Morgan fingerprint density at radius 1 is 1.24 bits per heavy atom. The van der Waals surface area contributed by atoms with Crippen LogP contribution in [0.4, 0.5) is 4.79 Å². The summed E-state index contributed by atoms with van der Waals surface area (Å²) in [6.07, 6.45) is 2.48. The Morgan fingerprint density at radius 3 is 2.59 bits per heavy atom. The van der Waals surface area contributed by atoms with Gasteiger partial charge in [0.2, 0.25) is 5.91 Å². The molecule has 0 aromatic heterocycles. The number of thioether (sulfide) groups is 1. The van der Waals surface area contributed by atoms with Crippen molar-refractivity contribution in [1.29, 1.82) is 0 Å². The minimum absolute atomic E-state index is 0.00558. The van der Waals surface area contributed by atoms with Gasteiger partial charge in [-0.3, -0.25) is 24.1 Å². The highest BCUT2D eigenvalue weighted by Crippen LogP contribution is 2.34. The lowest BCUT2D eigenvalue weighted by atomic mass is 9.97. The normalized spacial score (nSPS) is 19.1. The monoisotopic (exact) mass is 418 g/mol. The Labute approximate surface area is 172 Å². The van der Waals surface area contributed by atoms with Crippen molar-refractivity contribution in [2.24, 2.45) is 5.92 Å². The van der Waals surface area contributed by atoms with Crippen LogP contribution >= 0.6 is 11.8 Å². The minimum Gasteiger partial charge on any atom is -0.496 e. The molecule has 0 aliphatic carbocycles. The lowest BCUT2D eigenvalue weighted by Crippen LogP contribution is -2.42. The third-order valence-corrected chi connectivity index (χ3v) is 5.95. The van der Waals surface area contributed by atoms with Crippen molar-refractivity contribution < 1.29 is 29.0 Å². The number of carbonyl (C=O) groups excluding carboxylic acids is 3. The van der Waals surface area contributed by atoms with E-state index in [2.05, 4.69) is 0 Å². The van der Waals surface area contributed by atoms with E-state index in [1.165, 1.54) is 7.11 Å². The second-order valence-electron chi connectivity index (χ2n) is 6.82. The first-order valence-corrected chi connectivity index (χ1v) is 10.1. The Hall–Kier alpha value is -2.81. The number of rotatable bonds is 6. The molecule has 154 valence electrons. The summed E-state index contributed by atoms with van der Waals surface area (Å²) >= 11 is 0.839. The number of likely N-dealkylation sites (tertiary alicyclic amines) is 1. The smallest absolute Gasteiger partial charge is 0.306 e. The molecule has 2 aliphatic heterocycles. The van der Waals surface area contributed by atoms with Crippen LogP contribution in [0.15, 0.2) is 29.2 Å². The number of nitrogens with zero attached hydrogens (tertiary/aromatic N) is 2. The van der Waals surface area contributed by atoms with Crippen molar-refractivity contribution in [2.75, 3.05) is 26.7 Å². The van der Waals surface area contributed by atoms with Crippen molar-refractivity contribution in [3.63, 3.8) is 0 Å². The van der Waals surface area contributed by atoms with Crippen molar-refractivity contribution in [3.8, 4) is 5.75 Å². The molecule has 2 saturated heterocycles. The van der Waals surface area contributed by atoms with E-state index in [1.807, 2.05) is 12.1 Å². The number of piperidine rings is 1. The number of para-hydroxylation sites is 1. The van der Waals surface area contributed by atoms with E-state index in [4.69, 9.17) is 9.84 Å². The predicted molar refractivity (Wildman–Crippen MR) is 107 cm³/mol. The van der Waals surface area contributed by atoms with Gasteiger partial charge in [-0.15, -0.1) is 0 Å². The maximum absolute atomic E-state index is 12.6. The fourth-order valence-electron chi connectivity index (χ4n) is 3.36. The van der Waals surface area contributed by atoms with Gasteiger partial charge in [0, 0.05) is 31.6 Å². The molecule has 0 spiro atoms. The molecule has 0 bridgehead atoms. The van der Waals surface area contributed by atoms with Gasteiger partial charge in [0.1, 0.15) is 5.75 Å². The Balaban J connectivity index is 1.59. The summed E-state index contributed by atoms with van der Waals surface area (Å²) in [7, 11) is 1.53. The number of hydrogen-bond donors (Lipinski definition) is 1. The number of methoxy groups -OCH3 is 1. The third-order valence-electron chi connectivity index (χ3n) is 5.05. The second kappa shape index (κ2) is 9.13. The molecule has 3 amide bonds. The van der Waals surface area contributed by atoms with Gasteiger partial charge < -0.3 is 14.7 Å². The molecule has 2 fully saturated rings. The maximum Gasteiger partial charge on any atom is 0.306 e. The molecule has 0 saturated carbocycles. The number of carboxylic acid groups (broad SMARTS) is 1. The molecular formula is C20H22N2O6S. The summed E-state index contributed by atoms with van der Waals surface area (Å²) < 4.78 is 5.26. The van der Waals surface area contributed by atoms with Gasteiger partial charge in [0.05, 0.1) is 17.9 Å². The van der Waals surface area contributed by atoms with Crippen molar-refractivity contribution in [1.82, 2.24) is 9.80 Å². The number of benzene rings is 1. The van der Waals surface area contributed by atoms with Gasteiger partial charge >= 0.3 is 5.97 Å². The van der Waals surface area contributed by atoms with E-state index in [9.17, 15) is 19.2 Å². The topological polar surface area (TPSA) is 104 Å². The van der Waals surface area contributed by atoms with Crippen molar-refractivity contribution in [2.45, 2.75) is 19.3 Å². The largest absolute Gasteiger partial charge is 0.496 e. The molecule has 0 unspecified atom stereocenters. The van der Waals surface area contributed by atoms with Crippen LogP contribution in [0.5, 0.6) is 5.75 Å². The van der Waals surface area contributed by atoms with Crippen LogP contribution in [-0.2, 0) is 14.4 Å². The fourth-order valence-corrected chi connectivity index (χ4v) is 4.22. The summed E-state index contributed by atoms with van der Waals surface area (Å²) in [4.78, 5) is 51.2. The fraction of sp³-hybridized carbons (Fsp3) is 0.400. The van der Waals surface area contributed by atoms with E-state index in [-0.39, 0.29) is 23.8 Å². The molecule has 1 N–H and O–H groups in total. The van der Waals surface area contributed by atoms with Gasteiger partial charge in [0.25, 0.3) is 11.1 Å². The van der Waals surface area contributed by atoms with E-state index < -0.39 is 23.0 Å². The second-order valence-corrected chi connectivity index (χ2v) is 7.81. The Kier molecular flexibility index (Phi) is 6.58. The van der Waals surface area contributed by atoms with Crippen LogP contribution in [0.1, 0.15) is 24.8 Å². The van der Waals surface area contributed by atoms with Crippen LogP contribution in [0.25, 0.3) is 6.08 Å². The standard InChI is InChI=1S/C20H22N2O6S/c1-28-15-5-3-2-4-14(15)12-16-18(24)22(20(27)29-16)11-8-17(23)21-9-6-13(7-10-21)19(25)26/h2-5,12-13H,6-11H2,1H3,(H,25,26)/b16-12-. The average molecular weight is 418 g/mol. The zero-order valence-corrected chi connectivity index (χ0v) is 16.8. The molecule has 3 rings (SSSR count). The Bertz CT molecular complexity index is 860. The van der Waals surface area contributed by atoms with E-state index >= 15 is 0 Å². The van der Waals surface area contributed by atoms with Crippen LogP contribution in [-0.4, -0.2) is 64.7 Å². The van der Waals surface area contributed by atoms with Gasteiger partial charge in [0.15, 0.2) is 0 Å². The lowest BCUT2D eigenvalue weighted by Gasteiger charge is -2.30. The number of imide groups is 1.